The molecule has 0 aromatic carbocycles. The Hall–Kier alpha value is -1.10. The van der Waals surface area contributed by atoms with Crippen LogP contribution >= 0.6 is 11.6 Å². The second-order valence-corrected chi connectivity index (χ2v) is 9.18. The summed E-state index contributed by atoms with van der Waals surface area (Å²) >= 11 is 6.51. The van der Waals surface area contributed by atoms with Crippen molar-refractivity contribution in [2.45, 2.75) is 81.8 Å². The Bertz CT molecular complexity index is 581. The van der Waals surface area contributed by atoms with E-state index in [4.69, 9.17) is 11.6 Å². The van der Waals surface area contributed by atoms with Gasteiger partial charge in [0, 0.05) is 23.1 Å². The van der Waals surface area contributed by atoms with Crippen LogP contribution in [0.5, 0.6) is 0 Å². The molecular formula is C24H37ClO4. The summed E-state index contributed by atoms with van der Waals surface area (Å²) < 4.78 is 4.64. The van der Waals surface area contributed by atoms with Crippen molar-refractivity contribution >= 4 is 17.6 Å². The normalized spacial score (nSPS) is 29.8. The van der Waals surface area contributed by atoms with E-state index in [-0.39, 0.29) is 34.7 Å². The van der Waals surface area contributed by atoms with Gasteiger partial charge in [-0.05, 0) is 57.3 Å². The van der Waals surface area contributed by atoms with Crippen LogP contribution in [-0.2, 0) is 9.53 Å². The maximum Gasteiger partial charge on any atom is 0.305 e. The highest BCUT2D eigenvalue weighted by Gasteiger charge is 2.42. The molecule has 2 fully saturated rings. The van der Waals surface area contributed by atoms with Crippen LogP contribution in [-0.4, -0.2) is 40.9 Å². The fourth-order valence-electron chi connectivity index (χ4n) is 4.71. The summed E-state index contributed by atoms with van der Waals surface area (Å²) in [5, 5.41) is 21.0. The van der Waals surface area contributed by atoms with Gasteiger partial charge in [-0.15, -0.1) is 18.2 Å². The predicted octanol–water partition coefficient (Wildman–Crippen LogP) is 4.93. The third kappa shape index (κ3) is 6.70. The van der Waals surface area contributed by atoms with Crippen molar-refractivity contribution in [3.63, 3.8) is 0 Å². The first-order chi connectivity index (χ1) is 13.9. The Morgan fingerprint density at radius 2 is 2.10 bits per heavy atom. The molecule has 164 valence electrons. The zero-order chi connectivity index (χ0) is 21.3. The van der Waals surface area contributed by atoms with Crippen LogP contribution in [0.4, 0.5) is 0 Å². The van der Waals surface area contributed by atoms with Crippen molar-refractivity contribution in [1.29, 1.82) is 0 Å². The minimum absolute atomic E-state index is 0.00173. The van der Waals surface area contributed by atoms with Gasteiger partial charge >= 0.3 is 5.97 Å². The van der Waals surface area contributed by atoms with Crippen LogP contribution in [0.2, 0.25) is 0 Å². The number of halogens is 1. The third-order valence-corrected chi connectivity index (χ3v) is 7.25. The van der Waals surface area contributed by atoms with Crippen molar-refractivity contribution in [1.82, 2.24) is 0 Å². The van der Waals surface area contributed by atoms with Gasteiger partial charge in [-0.25, -0.2) is 0 Å². The average Bonchev–Trinajstić information content (AvgIpc) is 2.93. The number of hydrogen-bond donors (Lipinski definition) is 2. The van der Waals surface area contributed by atoms with E-state index in [0.717, 1.165) is 38.5 Å². The molecule has 2 rings (SSSR count). The summed E-state index contributed by atoms with van der Waals surface area (Å²) in [5.41, 5.74) is 0.00173. The number of aliphatic hydroxyl groups excluding tert-OH is 2. The van der Waals surface area contributed by atoms with Gasteiger partial charge in [-0.3, -0.25) is 4.79 Å². The van der Waals surface area contributed by atoms with Crippen LogP contribution in [0, 0.1) is 17.3 Å². The molecule has 0 aromatic rings. The van der Waals surface area contributed by atoms with E-state index in [0.29, 0.717) is 19.3 Å². The van der Waals surface area contributed by atoms with Crippen molar-refractivity contribution in [3.8, 4) is 0 Å². The molecule has 0 saturated heterocycles. The average molecular weight is 425 g/mol. The van der Waals surface area contributed by atoms with Crippen molar-refractivity contribution in [2.75, 3.05) is 7.11 Å². The summed E-state index contributed by atoms with van der Waals surface area (Å²) in [4.78, 5) is 11.1. The zero-order valence-electron chi connectivity index (χ0n) is 17.6. The highest BCUT2D eigenvalue weighted by Crippen LogP contribution is 2.48. The zero-order valence-corrected chi connectivity index (χ0v) is 18.4. The first-order valence-corrected chi connectivity index (χ1v) is 11.4. The molecule has 29 heavy (non-hydrogen) atoms. The van der Waals surface area contributed by atoms with E-state index in [2.05, 4.69) is 29.5 Å². The number of rotatable bonds is 12. The molecule has 0 aromatic heterocycles. The number of alkyl halides is 1. The summed E-state index contributed by atoms with van der Waals surface area (Å²) in [5.74, 6) is 0.0196. The molecule has 1 unspecified atom stereocenters. The Balaban J connectivity index is 1.83. The molecule has 2 aliphatic carbocycles. The molecule has 2 aliphatic rings. The van der Waals surface area contributed by atoms with Crippen LogP contribution in [0.25, 0.3) is 0 Å². The van der Waals surface area contributed by atoms with Gasteiger partial charge in [0.05, 0.1) is 19.3 Å². The molecule has 0 heterocycles. The van der Waals surface area contributed by atoms with Gasteiger partial charge in [0.15, 0.2) is 0 Å². The molecule has 4 nitrogen and oxygen atoms in total. The second-order valence-electron chi connectivity index (χ2n) is 8.62. The van der Waals surface area contributed by atoms with Gasteiger partial charge in [-0.2, -0.15) is 0 Å². The molecular weight excluding hydrogens is 388 g/mol. The first kappa shape index (κ1) is 24.2. The van der Waals surface area contributed by atoms with Gasteiger partial charge in [0.2, 0.25) is 0 Å². The smallest absolute Gasteiger partial charge is 0.305 e. The molecule has 0 radical (unpaired) electrons. The minimum Gasteiger partial charge on any atom is -0.469 e. The fourth-order valence-corrected chi connectivity index (χ4v) is 5.16. The van der Waals surface area contributed by atoms with Crippen LogP contribution in [0.15, 0.2) is 37.0 Å². The number of esters is 1. The van der Waals surface area contributed by atoms with Gasteiger partial charge in [0.25, 0.3) is 0 Å². The van der Waals surface area contributed by atoms with Crippen molar-refractivity contribution < 1.29 is 19.7 Å². The summed E-state index contributed by atoms with van der Waals surface area (Å²) in [7, 11) is 1.41. The minimum atomic E-state index is -0.436. The SMILES string of the molecule is C=CCC1(C(O)C/C=C/[C@@H]2[C@@H](C/C=C\CCCC(=O)OC)[C@H](Cl)C[C@H]2O)CCC1. The Morgan fingerprint density at radius 1 is 1.34 bits per heavy atom. The van der Waals surface area contributed by atoms with Crippen molar-refractivity contribution in [3.05, 3.63) is 37.0 Å². The van der Waals surface area contributed by atoms with Crippen LogP contribution < -0.4 is 0 Å². The Kier molecular flexibility index (Phi) is 9.94. The van der Waals surface area contributed by atoms with E-state index in [1.807, 2.05) is 12.2 Å². The van der Waals surface area contributed by atoms with Gasteiger partial charge in [0.1, 0.15) is 0 Å². The summed E-state index contributed by atoms with van der Waals surface area (Å²) in [6.07, 6.45) is 17.6. The van der Waals surface area contributed by atoms with E-state index in [1.165, 1.54) is 13.5 Å². The standard InChI is InChI=1S/C24H37ClO4/c1-3-14-24(15-9-16-24)22(27)12-8-11-19-18(20(25)17-21(19)26)10-6-4-5-7-13-23(28)29-2/h3-4,6,8,11,18-22,26-27H,1,5,7,9-10,12-17H2,2H3/b6-4-,11-8+/t18-,19-,20-,21-,22?/m1/s1. The van der Waals surface area contributed by atoms with E-state index < -0.39 is 6.10 Å². The maximum absolute atomic E-state index is 11.1. The Labute approximate surface area is 180 Å². The molecule has 0 amide bonds. The van der Waals surface area contributed by atoms with E-state index >= 15 is 0 Å². The highest BCUT2D eigenvalue weighted by atomic mass is 35.5. The first-order valence-electron chi connectivity index (χ1n) is 10.9. The van der Waals surface area contributed by atoms with Crippen LogP contribution in [0.3, 0.4) is 0 Å². The molecule has 5 atom stereocenters. The van der Waals surface area contributed by atoms with Crippen molar-refractivity contribution in [2.24, 2.45) is 17.3 Å². The lowest BCUT2D eigenvalue weighted by atomic mass is 9.62. The number of unbranched alkanes of at least 4 members (excludes halogenated alkanes) is 1. The molecule has 2 N–H and O–H groups in total. The van der Waals surface area contributed by atoms with Crippen LogP contribution in [0.1, 0.15) is 64.2 Å². The Morgan fingerprint density at radius 3 is 2.72 bits per heavy atom. The van der Waals surface area contributed by atoms with Gasteiger partial charge in [-0.1, -0.05) is 36.8 Å². The number of allylic oxidation sites excluding steroid dienone is 3. The second kappa shape index (κ2) is 11.9. The topological polar surface area (TPSA) is 66.8 Å². The summed E-state index contributed by atoms with van der Waals surface area (Å²) in [6.45, 7) is 3.84. The quantitative estimate of drug-likeness (QED) is 0.201. The number of hydrogen-bond acceptors (Lipinski definition) is 4. The molecule has 5 heteroatoms. The number of methoxy groups -OCH3 is 1. The number of ether oxygens (including phenoxy) is 1. The fraction of sp³-hybridized carbons (Fsp3) is 0.708. The highest BCUT2D eigenvalue weighted by molar-refractivity contribution is 6.21. The lowest BCUT2D eigenvalue weighted by Gasteiger charge is -2.45. The molecule has 0 aliphatic heterocycles. The maximum atomic E-state index is 11.1. The lowest BCUT2D eigenvalue weighted by molar-refractivity contribution is -0.140. The monoisotopic (exact) mass is 424 g/mol. The summed E-state index contributed by atoms with van der Waals surface area (Å²) in [6, 6.07) is 0. The van der Waals surface area contributed by atoms with Gasteiger partial charge < -0.3 is 14.9 Å². The molecule has 2 saturated carbocycles. The third-order valence-electron chi connectivity index (χ3n) is 6.75. The molecule has 0 bridgehead atoms. The number of aliphatic hydroxyl groups is 2. The molecule has 0 spiro atoms. The van der Waals surface area contributed by atoms with E-state index in [1.54, 1.807) is 0 Å². The lowest BCUT2D eigenvalue weighted by Crippen LogP contribution is -2.40. The largest absolute Gasteiger partial charge is 0.469 e. The number of carbonyl (C=O) groups excluding carboxylic acids is 1. The number of carbonyl (C=O) groups is 1. The van der Waals surface area contributed by atoms with E-state index in [9.17, 15) is 15.0 Å². The predicted molar refractivity (Wildman–Crippen MR) is 118 cm³/mol.